The van der Waals surface area contributed by atoms with Gasteiger partial charge in [0.25, 0.3) is 0 Å². The summed E-state index contributed by atoms with van der Waals surface area (Å²) in [5, 5.41) is 0. The summed E-state index contributed by atoms with van der Waals surface area (Å²) >= 11 is 3.06. The lowest BCUT2D eigenvalue weighted by Crippen LogP contribution is -1.98. The van der Waals surface area contributed by atoms with Crippen LogP contribution >= 0.6 is 22.5 Å². The minimum absolute atomic E-state index is 0.628. The Balaban J connectivity index is 3.02. The molecule has 1 rings (SSSR count). The molecular formula is C7H9NOS3. The Morgan fingerprint density at radius 3 is 2.67 bits per heavy atom. The highest BCUT2D eigenvalue weighted by molar-refractivity contribution is 8.68. The molecular weight excluding hydrogens is 210 g/mol. The van der Waals surface area contributed by atoms with Crippen molar-refractivity contribution in [3.05, 3.63) is 18.2 Å². The van der Waals surface area contributed by atoms with E-state index in [1.807, 2.05) is 6.07 Å². The molecule has 0 radical (unpaired) electrons. The second-order valence-electron chi connectivity index (χ2n) is 2.25. The predicted octanol–water partition coefficient (Wildman–Crippen LogP) is 1.94. The van der Waals surface area contributed by atoms with Gasteiger partial charge in [0.05, 0.1) is 5.69 Å². The highest BCUT2D eigenvalue weighted by Gasteiger charge is 2.06. The molecule has 0 aliphatic rings. The predicted molar refractivity (Wildman–Crippen MR) is 58.0 cm³/mol. The maximum Gasteiger partial charge on any atom is 0.154 e. The quantitative estimate of drug-likeness (QED) is 0.346. The first kappa shape index (κ1) is 10.1. The van der Waals surface area contributed by atoms with Crippen LogP contribution in [0, 0.1) is 0 Å². The van der Waals surface area contributed by atoms with Crippen molar-refractivity contribution in [3.8, 4) is 0 Å². The number of nitrogens with two attached hydrogens (primary N) is 1. The summed E-state index contributed by atoms with van der Waals surface area (Å²) in [6, 6.07) is 5.34. The second-order valence-corrected chi connectivity index (χ2v) is 4.79. The van der Waals surface area contributed by atoms with Crippen molar-refractivity contribution in [3.63, 3.8) is 0 Å². The first-order chi connectivity index (χ1) is 5.65. The smallest absolute Gasteiger partial charge is 0.154 e. The van der Waals surface area contributed by atoms with Crippen LogP contribution in [0.25, 0.3) is 0 Å². The van der Waals surface area contributed by atoms with Gasteiger partial charge in [-0.05, 0) is 23.3 Å². The Bertz CT molecular complexity index is 277. The van der Waals surface area contributed by atoms with Crippen LogP contribution in [0.15, 0.2) is 28.0 Å². The van der Waals surface area contributed by atoms with E-state index in [0.29, 0.717) is 5.69 Å². The molecule has 0 aliphatic heterocycles. The van der Waals surface area contributed by atoms with Crippen LogP contribution in [-0.4, -0.2) is 10.8 Å². The molecule has 0 saturated carbocycles. The van der Waals surface area contributed by atoms with E-state index in [1.54, 1.807) is 18.4 Å². The zero-order valence-corrected chi connectivity index (χ0v) is 9.01. The number of rotatable bonds is 2. The first-order valence-electron chi connectivity index (χ1n) is 3.19. The Morgan fingerprint density at radius 1 is 1.58 bits per heavy atom. The maximum atomic E-state index is 11.0. The standard InChI is InChI=1S/C7H9NOS3/c1-12(9)5-2-3-7(11-10)6(8)4-5/h2-4,10H,8H2,1H3. The largest absolute Gasteiger partial charge is 0.612 e. The van der Waals surface area contributed by atoms with Gasteiger partial charge in [0.2, 0.25) is 0 Å². The van der Waals surface area contributed by atoms with Crippen molar-refractivity contribution in [2.45, 2.75) is 9.79 Å². The molecule has 0 spiro atoms. The van der Waals surface area contributed by atoms with Gasteiger partial charge in [-0.3, -0.25) is 0 Å². The third-order valence-electron chi connectivity index (χ3n) is 1.41. The van der Waals surface area contributed by atoms with Crippen LogP contribution in [0.1, 0.15) is 0 Å². The fourth-order valence-corrected chi connectivity index (χ4v) is 2.13. The van der Waals surface area contributed by atoms with Crippen LogP contribution in [-0.2, 0) is 11.2 Å². The van der Waals surface area contributed by atoms with E-state index < -0.39 is 11.2 Å². The number of benzene rings is 1. The van der Waals surface area contributed by atoms with Crippen molar-refractivity contribution in [1.29, 1.82) is 0 Å². The Morgan fingerprint density at radius 2 is 2.25 bits per heavy atom. The van der Waals surface area contributed by atoms with Crippen molar-refractivity contribution in [1.82, 2.24) is 0 Å². The lowest BCUT2D eigenvalue weighted by Gasteiger charge is -2.06. The summed E-state index contributed by atoms with van der Waals surface area (Å²) in [6.45, 7) is 0. The normalized spacial score (nSPS) is 12.9. The fraction of sp³-hybridized carbons (Fsp3) is 0.143. The van der Waals surface area contributed by atoms with Gasteiger partial charge in [-0.2, -0.15) is 0 Å². The summed E-state index contributed by atoms with van der Waals surface area (Å²) in [7, 11) is 1.29. The van der Waals surface area contributed by atoms with Gasteiger partial charge >= 0.3 is 0 Å². The van der Waals surface area contributed by atoms with E-state index >= 15 is 0 Å². The summed E-state index contributed by atoms with van der Waals surface area (Å²) in [5.41, 5.74) is 6.29. The van der Waals surface area contributed by atoms with Crippen LogP contribution in [0.3, 0.4) is 0 Å². The molecule has 0 saturated heterocycles. The van der Waals surface area contributed by atoms with Crippen molar-refractivity contribution in [2.75, 3.05) is 12.0 Å². The molecule has 0 heterocycles. The van der Waals surface area contributed by atoms with Crippen LogP contribution in [0.2, 0.25) is 0 Å². The monoisotopic (exact) mass is 219 g/mol. The molecule has 2 nitrogen and oxygen atoms in total. The van der Waals surface area contributed by atoms with E-state index in [2.05, 4.69) is 11.7 Å². The molecule has 0 aromatic heterocycles. The third kappa shape index (κ3) is 2.26. The second kappa shape index (κ2) is 4.32. The van der Waals surface area contributed by atoms with E-state index in [4.69, 9.17) is 5.73 Å². The Hall–Kier alpha value is 0.0300. The van der Waals surface area contributed by atoms with Gasteiger partial charge < -0.3 is 10.3 Å². The van der Waals surface area contributed by atoms with Gasteiger partial charge in [0.15, 0.2) is 4.90 Å². The topological polar surface area (TPSA) is 49.1 Å². The summed E-state index contributed by atoms with van der Waals surface area (Å²) in [4.78, 5) is 1.64. The molecule has 0 aliphatic carbocycles. The van der Waals surface area contributed by atoms with Crippen LogP contribution in [0.5, 0.6) is 0 Å². The first-order valence-corrected chi connectivity index (χ1v) is 6.62. The lowest BCUT2D eigenvalue weighted by molar-refractivity contribution is 0.601. The zero-order valence-electron chi connectivity index (χ0n) is 6.48. The average Bonchev–Trinajstić information content (AvgIpc) is 2.04. The van der Waals surface area contributed by atoms with Crippen molar-refractivity contribution in [2.24, 2.45) is 0 Å². The minimum atomic E-state index is -0.964. The number of hydrogen-bond donors (Lipinski definition) is 2. The molecule has 0 amide bonds. The van der Waals surface area contributed by atoms with Gasteiger partial charge in [-0.25, -0.2) is 0 Å². The fourth-order valence-electron chi connectivity index (χ4n) is 0.788. The van der Waals surface area contributed by atoms with Crippen LogP contribution < -0.4 is 5.73 Å². The molecule has 2 N–H and O–H groups in total. The molecule has 0 fully saturated rings. The summed E-state index contributed by atoms with van der Waals surface area (Å²) in [6.07, 6.45) is 1.63. The molecule has 66 valence electrons. The number of anilines is 1. The molecule has 1 atom stereocenters. The average molecular weight is 219 g/mol. The summed E-state index contributed by atoms with van der Waals surface area (Å²) < 4.78 is 11.0. The molecule has 1 aromatic rings. The van der Waals surface area contributed by atoms with Gasteiger partial charge in [0, 0.05) is 11.0 Å². The molecule has 5 heteroatoms. The molecule has 0 bridgehead atoms. The zero-order chi connectivity index (χ0) is 9.14. The number of nitrogen functional groups attached to an aromatic ring is 1. The maximum absolute atomic E-state index is 11.0. The van der Waals surface area contributed by atoms with Gasteiger partial charge in [-0.1, -0.05) is 10.8 Å². The highest BCUT2D eigenvalue weighted by Crippen LogP contribution is 2.29. The third-order valence-corrected chi connectivity index (χ3v) is 3.49. The minimum Gasteiger partial charge on any atom is -0.612 e. The molecule has 1 aromatic carbocycles. The highest BCUT2D eigenvalue weighted by atomic mass is 33.1. The van der Waals surface area contributed by atoms with E-state index in [9.17, 15) is 4.55 Å². The van der Waals surface area contributed by atoms with E-state index in [0.717, 1.165) is 9.79 Å². The number of thiol groups is 1. The molecule has 12 heavy (non-hydrogen) atoms. The van der Waals surface area contributed by atoms with E-state index in [1.165, 1.54) is 10.8 Å². The van der Waals surface area contributed by atoms with Crippen molar-refractivity contribution >= 4 is 39.3 Å². The Kier molecular flexibility index (Phi) is 3.64. The molecule has 1 unspecified atom stereocenters. The van der Waals surface area contributed by atoms with Gasteiger partial charge in [0.1, 0.15) is 6.26 Å². The van der Waals surface area contributed by atoms with Crippen molar-refractivity contribution < 1.29 is 4.55 Å². The lowest BCUT2D eigenvalue weighted by atomic mass is 10.3. The van der Waals surface area contributed by atoms with E-state index in [-0.39, 0.29) is 0 Å². The van der Waals surface area contributed by atoms with Crippen LogP contribution in [0.4, 0.5) is 5.69 Å². The van der Waals surface area contributed by atoms with Gasteiger partial charge in [-0.15, -0.1) is 11.7 Å². The summed E-state index contributed by atoms with van der Waals surface area (Å²) in [5.74, 6) is 0. The number of hydrogen-bond acceptors (Lipinski definition) is 4. The SMILES string of the molecule is C[S+]([O-])c1ccc(SS)c(N)c1. The Labute approximate surface area is 83.9 Å².